The molecular formula is C20H21BrN4O3S. The summed E-state index contributed by atoms with van der Waals surface area (Å²) in [6, 6.07) is 14.8. The fourth-order valence-electron chi connectivity index (χ4n) is 2.56. The summed E-state index contributed by atoms with van der Waals surface area (Å²) in [7, 11) is 1.59. The van der Waals surface area contributed by atoms with Crippen LogP contribution in [0.3, 0.4) is 0 Å². The van der Waals surface area contributed by atoms with Crippen molar-refractivity contribution in [2.75, 3.05) is 18.2 Å². The van der Waals surface area contributed by atoms with E-state index >= 15 is 0 Å². The number of hydrogen-bond donors (Lipinski definition) is 1. The normalized spacial score (nSPS) is 10.6. The van der Waals surface area contributed by atoms with E-state index in [4.69, 9.17) is 9.47 Å². The third kappa shape index (κ3) is 5.98. The summed E-state index contributed by atoms with van der Waals surface area (Å²) in [5.74, 6) is 2.26. The molecule has 1 N–H and O–H groups in total. The average molecular weight is 477 g/mol. The summed E-state index contributed by atoms with van der Waals surface area (Å²) in [4.78, 5) is 12.3. The smallest absolute Gasteiger partial charge is 0.234 e. The Morgan fingerprint density at radius 1 is 1.17 bits per heavy atom. The van der Waals surface area contributed by atoms with Crippen molar-refractivity contribution >= 4 is 39.3 Å². The maximum atomic E-state index is 12.3. The zero-order chi connectivity index (χ0) is 20.6. The number of rotatable bonds is 9. The summed E-state index contributed by atoms with van der Waals surface area (Å²) in [5.41, 5.74) is 0.690. The van der Waals surface area contributed by atoms with E-state index in [0.717, 1.165) is 10.2 Å². The van der Waals surface area contributed by atoms with E-state index in [1.165, 1.54) is 11.8 Å². The number of ether oxygens (including phenoxy) is 2. The van der Waals surface area contributed by atoms with E-state index in [2.05, 4.69) is 31.4 Å². The van der Waals surface area contributed by atoms with Crippen molar-refractivity contribution in [3.8, 4) is 11.5 Å². The SMILES string of the molecule is CCn1c(COc2ccc(Br)cc2)nnc1SCC(=O)Nc1cccc(OC)c1. The molecule has 1 amide bonds. The summed E-state index contributed by atoms with van der Waals surface area (Å²) in [5, 5.41) is 12.0. The summed E-state index contributed by atoms with van der Waals surface area (Å²) < 4.78 is 13.9. The molecule has 2 aromatic carbocycles. The molecule has 0 aliphatic rings. The molecule has 0 aliphatic heterocycles. The molecule has 0 spiro atoms. The Kier molecular flexibility index (Phi) is 7.54. The highest BCUT2D eigenvalue weighted by molar-refractivity contribution is 9.10. The molecule has 3 rings (SSSR count). The molecule has 29 heavy (non-hydrogen) atoms. The number of halogens is 1. The molecular weight excluding hydrogens is 456 g/mol. The van der Waals surface area contributed by atoms with Crippen LogP contribution in [-0.4, -0.2) is 33.5 Å². The number of anilines is 1. The van der Waals surface area contributed by atoms with Crippen LogP contribution in [0.25, 0.3) is 0 Å². The average Bonchev–Trinajstić information content (AvgIpc) is 3.13. The Bertz CT molecular complexity index is 963. The van der Waals surface area contributed by atoms with Crippen molar-refractivity contribution in [1.29, 1.82) is 0 Å². The van der Waals surface area contributed by atoms with E-state index in [0.29, 0.717) is 35.6 Å². The topological polar surface area (TPSA) is 78.3 Å². The van der Waals surface area contributed by atoms with Gasteiger partial charge in [0.25, 0.3) is 0 Å². The lowest BCUT2D eigenvalue weighted by Gasteiger charge is -2.09. The maximum absolute atomic E-state index is 12.3. The van der Waals surface area contributed by atoms with Crippen molar-refractivity contribution in [2.24, 2.45) is 0 Å². The molecule has 0 radical (unpaired) electrons. The highest BCUT2D eigenvalue weighted by Gasteiger charge is 2.14. The van der Waals surface area contributed by atoms with Crippen molar-refractivity contribution in [2.45, 2.75) is 25.2 Å². The molecule has 152 valence electrons. The second-order valence-corrected chi connectivity index (χ2v) is 7.81. The number of benzene rings is 2. The highest BCUT2D eigenvalue weighted by atomic mass is 79.9. The van der Waals surface area contributed by atoms with Gasteiger partial charge in [-0.05, 0) is 43.3 Å². The quantitative estimate of drug-likeness (QED) is 0.461. The molecule has 0 aliphatic carbocycles. The number of carbonyl (C=O) groups excluding carboxylic acids is 1. The minimum atomic E-state index is -0.124. The Balaban J connectivity index is 1.56. The number of nitrogens with one attached hydrogen (secondary N) is 1. The fraction of sp³-hybridized carbons (Fsp3) is 0.250. The largest absolute Gasteiger partial charge is 0.497 e. The highest BCUT2D eigenvalue weighted by Crippen LogP contribution is 2.21. The minimum Gasteiger partial charge on any atom is -0.497 e. The number of methoxy groups -OCH3 is 1. The number of nitrogens with zero attached hydrogens (tertiary/aromatic N) is 3. The van der Waals surface area contributed by atoms with Gasteiger partial charge in [-0.3, -0.25) is 4.79 Å². The van der Waals surface area contributed by atoms with Crippen LogP contribution in [0.15, 0.2) is 58.2 Å². The number of hydrogen-bond acceptors (Lipinski definition) is 6. The summed E-state index contributed by atoms with van der Waals surface area (Å²) in [6.45, 7) is 3.00. The van der Waals surface area contributed by atoms with Crippen LogP contribution in [-0.2, 0) is 17.9 Å². The standard InChI is InChI=1S/C20H21BrN4O3S/c1-3-25-18(12-28-16-9-7-14(21)8-10-16)23-24-20(25)29-13-19(26)22-15-5-4-6-17(11-15)27-2/h4-11H,3,12-13H2,1-2H3,(H,22,26). The first-order chi connectivity index (χ1) is 14.1. The van der Waals surface area contributed by atoms with Crippen LogP contribution < -0.4 is 14.8 Å². The lowest BCUT2D eigenvalue weighted by molar-refractivity contribution is -0.113. The van der Waals surface area contributed by atoms with E-state index in [1.54, 1.807) is 13.2 Å². The van der Waals surface area contributed by atoms with Crippen LogP contribution in [0.5, 0.6) is 11.5 Å². The first kappa shape index (κ1) is 21.2. The van der Waals surface area contributed by atoms with Gasteiger partial charge in [0.05, 0.1) is 12.9 Å². The summed E-state index contributed by atoms with van der Waals surface area (Å²) in [6.07, 6.45) is 0. The Hall–Kier alpha value is -2.52. The zero-order valence-corrected chi connectivity index (χ0v) is 18.5. The van der Waals surface area contributed by atoms with Gasteiger partial charge in [0.15, 0.2) is 11.0 Å². The number of aromatic nitrogens is 3. The number of carbonyl (C=O) groups is 1. The Labute approximate surface area is 181 Å². The molecule has 0 saturated carbocycles. The van der Waals surface area contributed by atoms with Gasteiger partial charge in [-0.15, -0.1) is 10.2 Å². The van der Waals surface area contributed by atoms with E-state index in [1.807, 2.05) is 54.0 Å². The Morgan fingerprint density at radius 2 is 1.97 bits per heavy atom. The van der Waals surface area contributed by atoms with Gasteiger partial charge in [0.2, 0.25) is 5.91 Å². The van der Waals surface area contributed by atoms with Gasteiger partial charge < -0.3 is 19.4 Å². The molecule has 0 saturated heterocycles. The molecule has 1 aromatic heterocycles. The van der Waals surface area contributed by atoms with Gasteiger partial charge >= 0.3 is 0 Å². The van der Waals surface area contributed by atoms with Crippen molar-refractivity contribution in [3.63, 3.8) is 0 Å². The lowest BCUT2D eigenvalue weighted by Crippen LogP contribution is -2.15. The minimum absolute atomic E-state index is 0.124. The molecule has 7 nitrogen and oxygen atoms in total. The number of thioether (sulfide) groups is 1. The second kappa shape index (κ2) is 10.3. The van der Waals surface area contributed by atoms with Crippen molar-refractivity contribution < 1.29 is 14.3 Å². The monoisotopic (exact) mass is 476 g/mol. The molecule has 3 aromatic rings. The van der Waals surface area contributed by atoms with Crippen LogP contribution in [0.4, 0.5) is 5.69 Å². The van der Waals surface area contributed by atoms with Crippen LogP contribution in [0.2, 0.25) is 0 Å². The van der Waals surface area contributed by atoms with Crippen LogP contribution >= 0.6 is 27.7 Å². The molecule has 9 heteroatoms. The Morgan fingerprint density at radius 3 is 2.69 bits per heavy atom. The molecule has 0 fully saturated rings. The first-order valence-corrected chi connectivity index (χ1v) is 10.7. The molecule has 0 atom stereocenters. The zero-order valence-electron chi connectivity index (χ0n) is 16.1. The molecule has 0 bridgehead atoms. The predicted molar refractivity (Wildman–Crippen MR) is 117 cm³/mol. The molecule has 0 unspecified atom stereocenters. The third-order valence-corrected chi connectivity index (χ3v) is 5.47. The number of amides is 1. The van der Waals surface area contributed by atoms with E-state index in [9.17, 15) is 4.79 Å². The van der Waals surface area contributed by atoms with Crippen LogP contribution in [0.1, 0.15) is 12.7 Å². The van der Waals surface area contributed by atoms with Crippen molar-refractivity contribution in [3.05, 3.63) is 58.8 Å². The predicted octanol–water partition coefficient (Wildman–Crippen LogP) is 4.38. The lowest BCUT2D eigenvalue weighted by atomic mass is 10.3. The van der Waals surface area contributed by atoms with Gasteiger partial charge in [-0.1, -0.05) is 33.8 Å². The second-order valence-electron chi connectivity index (χ2n) is 5.95. The van der Waals surface area contributed by atoms with E-state index < -0.39 is 0 Å². The maximum Gasteiger partial charge on any atom is 0.234 e. The third-order valence-electron chi connectivity index (χ3n) is 3.98. The molecule has 1 heterocycles. The van der Waals surface area contributed by atoms with Gasteiger partial charge in [0, 0.05) is 22.8 Å². The fourth-order valence-corrected chi connectivity index (χ4v) is 3.64. The van der Waals surface area contributed by atoms with Gasteiger partial charge in [-0.2, -0.15) is 0 Å². The summed E-state index contributed by atoms with van der Waals surface area (Å²) >= 11 is 4.74. The first-order valence-electron chi connectivity index (χ1n) is 8.96. The van der Waals surface area contributed by atoms with Gasteiger partial charge in [0.1, 0.15) is 18.1 Å². The van der Waals surface area contributed by atoms with E-state index in [-0.39, 0.29) is 11.7 Å². The van der Waals surface area contributed by atoms with Crippen LogP contribution in [0, 0.1) is 0 Å². The van der Waals surface area contributed by atoms with Crippen molar-refractivity contribution in [1.82, 2.24) is 14.8 Å². The van der Waals surface area contributed by atoms with Gasteiger partial charge in [-0.25, -0.2) is 0 Å².